The second-order valence-electron chi connectivity index (χ2n) is 6.22. The van der Waals surface area contributed by atoms with E-state index in [2.05, 4.69) is 28.0 Å². The fourth-order valence-electron chi connectivity index (χ4n) is 2.70. The van der Waals surface area contributed by atoms with E-state index in [1.807, 2.05) is 25.1 Å². The summed E-state index contributed by atoms with van der Waals surface area (Å²) in [6.45, 7) is 2.22. The molecule has 2 N–H and O–H groups in total. The van der Waals surface area contributed by atoms with Gasteiger partial charge < -0.3 is 19.5 Å². The number of hydrazone groups is 1. The fourth-order valence-corrected chi connectivity index (χ4v) is 2.70. The van der Waals surface area contributed by atoms with Crippen LogP contribution in [-0.2, 0) is 11.2 Å². The van der Waals surface area contributed by atoms with Gasteiger partial charge in [0.05, 0.1) is 34.1 Å². The first-order valence-electron chi connectivity index (χ1n) is 8.96. The molecule has 2 aromatic carbocycles. The molecule has 0 bridgehead atoms. The van der Waals surface area contributed by atoms with Gasteiger partial charge in [-0.05, 0) is 31.0 Å². The zero-order valence-electron chi connectivity index (χ0n) is 16.7. The number of carbonyl (C=O) groups excluding carboxylic acids is 1. The lowest BCUT2D eigenvalue weighted by atomic mass is 10.1. The molecule has 0 fully saturated rings. The van der Waals surface area contributed by atoms with Gasteiger partial charge in [0, 0.05) is 11.6 Å². The molecule has 0 aliphatic heterocycles. The Bertz CT molecular complexity index is 768. The number of nitrogens with one attached hydrogen (secondary N) is 2. The van der Waals surface area contributed by atoms with Crippen molar-refractivity contribution in [3.63, 3.8) is 0 Å². The van der Waals surface area contributed by atoms with Crippen molar-refractivity contribution in [3.05, 3.63) is 53.6 Å². The Morgan fingerprint density at radius 2 is 1.71 bits per heavy atom. The molecule has 0 saturated carbocycles. The van der Waals surface area contributed by atoms with E-state index in [1.54, 1.807) is 33.5 Å². The van der Waals surface area contributed by atoms with E-state index >= 15 is 0 Å². The molecule has 0 saturated heterocycles. The Kier molecular flexibility index (Phi) is 8.30. The van der Waals surface area contributed by atoms with Crippen molar-refractivity contribution in [2.45, 2.75) is 19.4 Å². The summed E-state index contributed by atoms with van der Waals surface area (Å²) >= 11 is 0. The summed E-state index contributed by atoms with van der Waals surface area (Å²) in [5.74, 6) is 1.32. The topological polar surface area (TPSA) is 81.2 Å². The van der Waals surface area contributed by atoms with Crippen LogP contribution in [0.5, 0.6) is 17.2 Å². The van der Waals surface area contributed by atoms with Gasteiger partial charge >= 0.3 is 0 Å². The zero-order valence-corrected chi connectivity index (χ0v) is 16.7. The van der Waals surface area contributed by atoms with Crippen LogP contribution in [-0.4, -0.2) is 46.0 Å². The average molecular weight is 385 g/mol. The highest BCUT2D eigenvalue weighted by Crippen LogP contribution is 2.37. The molecule has 7 heteroatoms. The second-order valence-corrected chi connectivity index (χ2v) is 6.22. The first kappa shape index (κ1) is 21.2. The second kappa shape index (κ2) is 10.9. The fraction of sp³-hybridized carbons (Fsp3) is 0.333. The van der Waals surface area contributed by atoms with E-state index in [0.717, 1.165) is 6.42 Å². The van der Waals surface area contributed by atoms with Crippen molar-refractivity contribution in [1.82, 2.24) is 10.7 Å². The minimum absolute atomic E-state index is 0.173. The summed E-state index contributed by atoms with van der Waals surface area (Å²) in [7, 11) is 4.63. The molecule has 7 nitrogen and oxygen atoms in total. The third-order valence-electron chi connectivity index (χ3n) is 4.09. The summed E-state index contributed by atoms with van der Waals surface area (Å²) in [4.78, 5) is 12.0. The van der Waals surface area contributed by atoms with Crippen molar-refractivity contribution in [2.24, 2.45) is 5.10 Å². The molecule has 0 aliphatic rings. The van der Waals surface area contributed by atoms with Crippen molar-refractivity contribution >= 4 is 12.1 Å². The summed E-state index contributed by atoms with van der Waals surface area (Å²) in [5, 5.41) is 7.18. The largest absolute Gasteiger partial charge is 0.493 e. The Labute approximate surface area is 165 Å². The Balaban J connectivity index is 1.86. The Morgan fingerprint density at radius 3 is 2.29 bits per heavy atom. The minimum atomic E-state index is -0.219. The summed E-state index contributed by atoms with van der Waals surface area (Å²) in [6, 6.07) is 13.8. The van der Waals surface area contributed by atoms with Gasteiger partial charge in [-0.25, -0.2) is 5.43 Å². The molecule has 2 aromatic rings. The van der Waals surface area contributed by atoms with Crippen molar-refractivity contribution < 1.29 is 19.0 Å². The maximum Gasteiger partial charge on any atom is 0.254 e. The lowest BCUT2D eigenvalue weighted by Crippen LogP contribution is -2.37. The van der Waals surface area contributed by atoms with E-state index in [0.29, 0.717) is 22.8 Å². The molecule has 0 radical (unpaired) electrons. The molecule has 2 rings (SSSR count). The van der Waals surface area contributed by atoms with Crippen LogP contribution in [0.4, 0.5) is 0 Å². The highest BCUT2D eigenvalue weighted by molar-refractivity contribution is 5.84. The van der Waals surface area contributed by atoms with Gasteiger partial charge in [0.2, 0.25) is 5.75 Å². The van der Waals surface area contributed by atoms with E-state index in [-0.39, 0.29) is 18.5 Å². The van der Waals surface area contributed by atoms with Crippen LogP contribution in [0, 0.1) is 0 Å². The molecule has 28 heavy (non-hydrogen) atoms. The lowest BCUT2D eigenvalue weighted by molar-refractivity contribution is -0.120. The lowest BCUT2D eigenvalue weighted by Gasteiger charge is -2.13. The predicted octanol–water partition coefficient (Wildman–Crippen LogP) is 2.38. The molecule has 0 heterocycles. The van der Waals surface area contributed by atoms with Gasteiger partial charge in [0.1, 0.15) is 0 Å². The number of methoxy groups -OCH3 is 3. The number of ether oxygens (including phenoxy) is 3. The number of benzene rings is 2. The molecule has 150 valence electrons. The summed E-state index contributed by atoms with van der Waals surface area (Å²) in [6.07, 6.45) is 2.37. The monoisotopic (exact) mass is 385 g/mol. The first-order valence-corrected chi connectivity index (χ1v) is 8.96. The molecule has 0 spiro atoms. The van der Waals surface area contributed by atoms with E-state index in [4.69, 9.17) is 14.2 Å². The summed E-state index contributed by atoms with van der Waals surface area (Å²) < 4.78 is 15.9. The zero-order chi connectivity index (χ0) is 20.4. The van der Waals surface area contributed by atoms with Crippen LogP contribution in [0.2, 0.25) is 0 Å². The number of nitrogens with zero attached hydrogens (tertiary/aromatic N) is 1. The Hall–Kier alpha value is -3.06. The standard InChI is InChI=1S/C21H27N3O4/c1-15(10-16-8-6-5-7-9-16)22-14-20(25)24-23-13-17-11-18(26-2)21(28-4)19(12-17)27-3/h5-9,11-13,15,22H,10,14H2,1-4H3,(H,24,25)/b23-13+. The van der Waals surface area contributed by atoms with Gasteiger partial charge in [-0.2, -0.15) is 5.10 Å². The van der Waals surface area contributed by atoms with Crippen molar-refractivity contribution in [2.75, 3.05) is 27.9 Å². The van der Waals surface area contributed by atoms with Crippen LogP contribution >= 0.6 is 0 Å². The van der Waals surface area contributed by atoms with Crippen LogP contribution < -0.4 is 25.0 Å². The molecule has 0 aromatic heterocycles. The number of hydrogen-bond donors (Lipinski definition) is 2. The van der Waals surface area contributed by atoms with Crippen LogP contribution in [0.25, 0.3) is 0 Å². The minimum Gasteiger partial charge on any atom is -0.493 e. The molecule has 1 amide bonds. The van der Waals surface area contributed by atoms with Crippen LogP contribution in [0.15, 0.2) is 47.6 Å². The third kappa shape index (κ3) is 6.28. The van der Waals surface area contributed by atoms with E-state index in [1.165, 1.54) is 11.8 Å². The smallest absolute Gasteiger partial charge is 0.254 e. The number of rotatable bonds is 10. The van der Waals surface area contributed by atoms with Gasteiger partial charge in [0.25, 0.3) is 5.91 Å². The molecular formula is C21H27N3O4. The van der Waals surface area contributed by atoms with E-state index in [9.17, 15) is 4.79 Å². The van der Waals surface area contributed by atoms with Gasteiger partial charge in [-0.3, -0.25) is 4.79 Å². The quantitative estimate of drug-likeness (QED) is 0.485. The number of carbonyl (C=O) groups is 1. The SMILES string of the molecule is COc1cc(/C=N/NC(=O)CNC(C)Cc2ccccc2)cc(OC)c1OC. The van der Waals surface area contributed by atoms with Gasteiger partial charge in [0.15, 0.2) is 11.5 Å². The first-order chi connectivity index (χ1) is 13.6. The Morgan fingerprint density at radius 1 is 1.07 bits per heavy atom. The number of hydrogen-bond acceptors (Lipinski definition) is 6. The van der Waals surface area contributed by atoms with Gasteiger partial charge in [-0.15, -0.1) is 0 Å². The highest BCUT2D eigenvalue weighted by atomic mass is 16.5. The van der Waals surface area contributed by atoms with Crippen LogP contribution in [0.3, 0.4) is 0 Å². The summed E-state index contributed by atoms with van der Waals surface area (Å²) in [5.41, 5.74) is 4.44. The molecule has 1 unspecified atom stereocenters. The molecular weight excluding hydrogens is 358 g/mol. The third-order valence-corrected chi connectivity index (χ3v) is 4.09. The molecule has 1 atom stereocenters. The maximum atomic E-state index is 12.0. The number of amides is 1. The van der Waals surface area contributed by atoms with Crippen LogP contribution in [0.1, 0.15) is 18.1 Å². The normalized spacial score (nSPS) is 11.9. The average Bonchev–Trinajstić information content (AvgIpc) is 2.72. The van der Waals surface area contributed by atoms with Crippen molar-refractivity contribution in [3.8, 4) is 17.2 Å². The maximum absolute atomic E-state index is 12.0. The molecule has 0 aliphatic carbocycles. The van der Waals surface area contributed by atoms with E-state index < -0.39 is 0 Å². The highest BCUT2D eigenvalue weighted by Gasteiger charge is 2.12. The van der Waals surface area contributed by atoms with Gasteiger partial charge in [-0.1, -0.05) is 30.3 Å². The van der Waals surface area contributed by atoms with Crippen molar-refractivity contribution in [1.29, 1.82) is 0 Å². The predicted molar refractivity (Wildman–Crippen MR) is 109 cm³/mol.